The molecule has 0 atom stereocenters. The van der Waals surface area contributed by atoms with Gasteiger partial charge in [0, 0.05) is 5.39 Å². The van der Waals surface area contributed by atoms with Gasteiger partial charge in [-0.2, -0.15) is 5.26 Å². The normalized spacial score (nSPS) is 10.5. The summed E-state index contributed by atoms with van der Waals surface area (Å²) in [6.45, 7) is 4.11. The van der Waals surface area contributed by atoms with E-state index in [0.717, 1.165) is 16.6 Å². The van der Waals surface area contributed by atoms with Crippen molar-refractivity contribution in [1.29, 1.82) is 5.26 Å². The third-order valence-electron chi connectivity index (χ3n) is 2.42. The van der Waals surface area contributed by atoms with Crippen molar-refractivity contribution in [3.63, 3.8) is 0 Å². The van der Waals surface area contributed by atoms with Gasteiger partial charge in [0.1, 0.15) is 6.07 Å². The van der Waals surface area contributed by atoms with E-state index in [0.29, 0.717) is 5.56 Å². The van der Waals surface area contributed by atoms with E-state index in [9.17, 15) is 0 Å². The second kappa shape index (κ2) is 3.70. The van der Waals surface area contributed by atoms with Crippen LogP contribution in [0.25, 0.3) is 10.9 Å². The number of fused-ring (bicyclic) bond motifs is 1. The average molecular weight is 196 g/mol. The highest BCUT2D eigenvalue weighted by molar-refractivity contribution is 5.80. The van der Waals surface area contributed by atoms with Crippen LogP contribution < -0.4 is 0 Å². The molecular weight excluding hydrogens is 184 g/mol. The number of hydrogen-bond acceptors (Lipinski definition) is 2. The fraction of sp³-hybridized carbons (Fsp3) is 0.231. The van der Waals surface area contributed by atoms with Gasteiger partial charge >= 0.3 is 0 Å². The Balaban J connectivity index is 2.76. The molecule has 1 aromatic carbocycles. The van der Waals surface area contributed by atoms with E-state index >= 15 is 0 Å². The molecule has 0 saturated carbocycles. The second-order valence-electron chi connectivity index (χ2n) is 3.88. The van der Waals surface area contributed by atoms with Crippen LogP contribution >= 0.6 is 0 Å². The lowest BCUT2D eigenvalue weighted by Crippen LogP contribution is -1.97. The predicted molar refractivity (Wildman–Crippen MR) is 60.5 cm³/mol. The zero-order chi connectivity index (χ0) is 10.8. The highest BCUT2D eigenvalue weighted by atomic mass is 14.7. The Morgan fingerprint density at radius 2 is 2.00 bits per heavy atom. The molecule has 2 aromatic rings. The van der Waals surface area contributed by atoms with Gasteiger partial charge in [-0.25, -0.2) is 0 Å². The summed E-state index contributed by atoms with van der Waals surface area (Å²) in [7, 11) is 0. The zero-order valence-electron chi connectivity index (χ0n) is 8.86. The van der Waals surface area contributed by atoms with Gasteiger partial charge in [-0.3, -0.25) is 4.98 Å². The van der Waals surface area contributed by atoms with Crippen LogP contribution in [0.2, 0.25) is 0 Å². The fourth-order valence-corrected chi connectivity index (χ4v) is 1.66. The summed E-state index contributed by atoms with van der Waals surface area (Å²) in [4.78, 5) is 4.52. The molecule has 2 rings (SSSR count). The smallest absolute Gasteiger partial charge is 0.101 e. The maximum atomic E-state index is 9.04. The van der Waals surface area contributed by atoms with E-state index in [1.54, 1.807) is 0 Å². The van der Waals surface area contributed by atoms with E-state index in [4.69, 9.17) is 5.26 Å². The van der Waals surface area contributed by atoms with E-state index in [1.807, 2.05) is 30.3 Å². The van der Waals surface area contributed by atoms with Gasteiger partial charge in [-0.15, -0.1) is 0 Å². The van der Waals surface area contributed by atoms with Gasteiger partial charge in [0.05, 0.1) is 16.8 Å². The van der Waals surface area contributed by atoms with E-state index in [2.05, 4.69) is 24.9 Å². The lowest BCUT2D eigenvalue weighted by atomic mass is 10.0. The molecule has 15 heavy (non-hydrogen) atoms. The summed E-state index contributed by atoms with van der Waals surface area (Å²) < 4.78 is 0. The summed E-state index contributed by atoms with van der Waals surface area (Å²) in [5.74, 6) is 0.282. The average Bonchev–Trinajstić information content (AvgIpc) is 2.27. The molecule has 0 fully saturated rings. The number of hydrogen-bond donors (Lipinski definition) is 0. The Morgan fingerprint density at radius 1 is 1.27 bits per heavy atom. The SMILES string of the molecule is CC(C)c1nc2ccccc2cc1C#N. The van der Waals surface area contributed by atoms with Crippen molar-refractivity contribution in [3.05, 3.63) is 41.6 Å². The summed E-state index contributed by atoms with van der Waals surface area (Å²) in [5.41, 5.74) is 2.53. The molecule has 0 radical (unpaired) electrons. The number of benzene rings is 1. The van der Waals surface area contributed by atoms with Gasteiger partial charge in [0.15, 0.2) is 0 Å². The van der Waals surface area contributed by atoms with Crippen molar-refractivity contribution in [3.8, 4) is 6.07 Å². The lowest BCUT2D eigenvalue weighted by molar-refractivity contribution is 0.825. The summed E-state index contributed by atoms with van der Waals surface area (Å²) in [6.07, 6.45) is 0. The molecule has 0 saturated heterocycles. The first kappa shape index (κ1) is 9.67. The van der Waals surface area contributed by atoms with Crippen molar-refractivity contribution < 1.29 is 0 Å². The van der Waals surface area contributed by atoms with Crippen LogP contribution in [-0.4, -0.2) is 4.98 Å². The molecule has 2 heteroatoms. The first-order valence-electron chi connectivity index (χ1n) is 5.02. The molecule has 0 unspecified atom stereocenters. The molecule has 0 spiro atoms. The van der Waals surface area contributed by atoms with Crippen LogP contribution in [0.5, 0.6) is 0 Å². The number of pyridine rings is 1. The molecule has 1 heterocycles. The fourth-order valence-electron chi connectivity index (χ4n) is 1.66. The largest absolute Gasteiger partial charge is 0.251 e. The number of aromatic nitrogens is 1. The van der Waals surface area contributed by atoms with Crippen LogP contribution in [-0.2, 0) is 0 Å². The molecule has 1 aromatic heterocycles. The highest BCUT2D eigenvalue weighted by Crippen LogP contribution is 2.21. The monoisotopic (exact) mass is 196 g/mol. The highest BCUT2D eigenvalue weighted by Gasteiger charge is 2.09. The number of para-hydroxylation sites is 1. The summed E-state index contributed by atoms with van der Waals surface area (Å²) in [5, 5.41) is 10.1. The maximum absolute atomic E-state index is 9.04. The predicted octanol–water partition coefficient (Wildman–Crippen LogP) is 3.23. The molecule has 0 bridgehead atoms. The van der Waals surface area contributed by atoms with Crippen molar-refractivity contribution in [2.45, 2.75) is 19.8 Å². The lowest BCUT2D eigenvalue weighted by Gasteiger charge is -2.08. The second-order valence-corrected chi connectivity index (χ2v) is 3.88. The van der Waals surface area contributed by atoms with Crippen LogP contribution in [0.15, 0.2) is 30.3 Å². The van der Waals surface area contributed by atoms with Crippen LogP contribution in [0, 0.1) is 11.3 Å². The minimum atomic E-state index is 0.282. The third kappa shape index (κ3) is 1.69. The molecule has 0 aliphatic heterocycles. The molecule has 0 amide bonds. The van der Waals surface area contributed by atoms with Gasteiger partial charge in [0.25, 0.3) is 0 Å². The molecule has 2 nitrogen and oxygen atoms in total. The Kier molecular flexibility index (Phi) is 2.39. The van der Waals surface area contributed by atoms with Crippen molar-refractivity contribution in [2.24, 2.45) is 0 Å². The summed E-state index contributed by atoms with van der Waals surface area (Å²) >= 11 is 0. The molecule has 0 aliphatic carbocycles. The minimum Gasteiger partial charge on any atom is -0.251 e. The zero-order valence-corrected chi connectivity index (χ0v) is 8.86. The summed E-state index contributed by atoms with van der Waals surface area (Å²) in [6, 6.07) is 12.0. The van der Waals surface area contributed by atoms with Crippen molar-refractivity contribution in [2.75, 3.05) is 0 Å². The maximum Gasteiger partial charge on any atom is 0.101 e. The molecule has 0 N–H and O–H groups in total. The number of nitriles is 1. The Morgan fingerprint density at radius 3 is 2.67 bits per heavy atom. The third-order valence-corrected chi connectivity index (χ3v) is 2.42. The minimum absolute atomic E-state index is 0.282. The molecular formula is C13H12N2. The van der Waals surface area contributed by atoms with E-state index < -0.39 is 0 Å². The van der Waals surface area contributed by atoms with E-state index in [-0.39, 0.29) is 5.92 Å². The Hall–Kier alpha value is -1.88. The quantitative estimate of drug-likeness (QED) is 0.702. The van der Waals surface area contributed by atoms with Gasteiger partial charge in [-0.05, 0) is 18.1 Å². The van der Waals surface area contributed by atoms with Crippen molar-refractivity contribution >= 4 is 10.9 Å². The molecule has 74 valence electrons. The number of nitrogens with zero attached hydrogens (tertiary/aromatic N) is 2. The Labute approximate surface area is 89.2 Å². The van der Waals surface area contributed by atoms with Crippen LogP contribution in [0.3, 0.4) is 0 Å². The number of rotatable bonds is 1. The van der Waals surface area contributed by atoms with E-state index in [1.165, 1.54) is 0 Å². The molecule has 0 aliphatic rings. The van der Waals surface area contributed by atoms with Gasteiger partial charge in [0.2, 0.25) is 0 Å². The first-order valence-corrected chi connectivity index (χ1v) is 5.02. The standard InChI is InChI=1S/C13H12N2/c1-9(2)13-11(8-14)7-10-5-3-4-6-12(10)15-13/h3-7,9H,1-2H3. The van der Waals surface area contributed by atoms with Gasteiger partial charge in [-0.1, -0.05) is 32.0 Å². The van der Waals surface area contributed by atoms with Crippen LogP contribution in [0.4, 0.5) is 0 Å². The topological polar surface area (TPSA) is 36.7 Å². The van der Waals surface area contributed by atoms with Crippen LogP contribution in [0.1, 0.15) is 31.0 Å². The van der Waals surface area contributed by atoms with Gasteiger partial charge < -0.3 is 0 Å². The Bertz CT molecular complexity index is 536. The first-order chi connectivity index (χ1) is 7.22. The van der Waals surface area contributed by atoms with Crippen molar-refractivity contribution in [1.82, 2.24) is 4.98 Å².